The summed E-state index contributed by atoms with van der Waals surface area (Å²) in [6, 6.07) is 11.6. The van der Waals surface area contributed by atoms with Crippen molar-refractivity contribution in [1.29, 1.82) is 0 Å². The first-order chi connectivity index (χ1) is 20.5. The summed E-state index contributed by atoms with van der Waals surface area (Å²) >= 11 is 0. The molecule has 1 saturated heterocycles. The van der Waals surface area contributed by atoms with Crippen molar-refractivity contribution in [1.82, 2.24) is 9.80 Å². The molecular formula is C35H42N2O6. The third kappa shape index (κ3) is 4.65. The number of hydrogen-bond donors (Lipinski definition) is 0. The van der Waals surface area contributed by atoms with Crippen molar-refractivity contribution in [2.24, 2.45) is 5.92 Å². The smallest absolute Gasteiger partial charge is 0.308 e. The Bertz CT molecular complexity index is 1500. The molecule has 8 heteroatoms. The Balaban J connectivity index is 1.49. The molecule has 228 valence electrons. The summed E-state index contributed by atoms with van der Waals surface area (Å²) in [5.41, 5.74) is 2.69. The molecule has 4 aliphatic rings. The molecule has 2 heterocycles. The molecule has 1 saturated carbocycles. The minimum Gasteiger partial charge on any atom is -0.483 e. The van der Waals surface area contributed by atoms with E-state index in [-0.39, 0.29) is 29.9 Å². The highest BCUT2D eigenvalue weighted by atomic mass is 16.6. The van der Waals surface area contributed by atoms with Gasteiger partial charge in [0.15, 0.2) is 11.5 Å². The number of likely N-dealkylation sites (tertiary alicyclic amines) is 1. The Kier molecular flexibility index (Phi) is 7.40. The van der Waals surface area contributed by atoms with Crippen molar-refractivity contribution in [3.8, 4) is 11.5 Å². The Morgan fingerprint density at radius 1 is 1.14 bits per heavy atom. The lowest BCUT2D eigenvalue weighted by molar-refractivity contribution is -0.221. The quantitative estimate of drug-likeness (QED) is 0.261. The minimum atomic E-state index is -0.829. The predicted molar refractivity (Wildman–Crippen MR) is 163 cm³/mol. The second kappa shape index (κ2) is 10.8. The number of rotatable bonds is 7. The number of amides is 1. The van der Waals surface area contributed by atoms with Gasteiger partial charge >= 0.3 is 11.9 Å². The maximum atomic E-state index is 14.1. The first kappa shape index (κ1) is 29.4. The van der Waals surface area contributed by atoms with Gasteiger partial charge in [0.05, 0.1) is 17.5 Å². The normalized spacial score (nSPS) is 28.8. The molecule has 0 N–H and O–H groups in total. The summed E-state index contributed by atoms with van der Waals surface area (Å²) in [6.45, 7) is 10.5. The molecule has 0 aromatic heterocycles. The number of piperidine rings is 1. The van der Waals surface area contributed by atoms with Gasteiger partial charge in [0.1, 0.15) is 11.7 Å². The lowest BCUT2D eigenvalue weighted by Gasteiger charge is -2.65. The van der Waals surface area contributed by atoms with E-state index < -0.39 is 23.1 Å². The maximum absolute atomic E-state index is 14.1. The van der Waals surface area contributed by atoms with Crippen LogP contribution in [0, 0.1) is 12.8 Å². The Morgan fingerprint density at radius 2 is 1.93 bits per heavy atom. The van der Waals surface area contributed by atoms with Crippen LogP contribution in [0.15, 0.2) is 42.5 Å². The molecule has 1 spiro atoms. The highest BCUT2D eigenvalue weighted by Crippen LogP contribution is 2.67. The molecule has 2 aliphatic carbocycles. The number of benzene rings is 2. The van der Waals surface area contributed by atoms with Crippen LogP contribution in [0.3, 0.4) is 0 Å². The fourth-order valence-corrected chi connectivity index (χ4v) is 8.52. The summed E-state index contributed by atoms with van der Waals surface area (Å²) in [5, 5.41) is 0. The number of hydrogen-bond acceptors (Lipinski definition) is 7. The number of aryl methyl sites for hydroxylation is 1. The van der Waals surface area contributed by atoms with Crippen molar-refractivity contribution >= 4 is 23.9 Å². The van der Waals surface area contributed by atoms with Crippen LogP contribution in [0.2, 0.25) is 0 Å². The number of carbonyl (C=O) groups excluding carboxylic acids is 3. The van der Waals surface area contributed by atoms with Crippen molar-refractivity contribution < 1.29 is 28.6 Å². The molecule has 6 rings (SSSR count). The second-order valence-corrected chi connectivity index (χ2v) is 13.2. The fraction of sp³-hybridized carbons (Fsp3) is 0.514. The van der Waals surface area contributed by atoms with Crippen LogP contribution in [0.25, 0.3) is 6.08 Å². The van der Waals surface area contributed by atoms with E-state index in [4.69, 9.17) is 14.2 Å². The second-order valence-electron chi connectivity index (χ2n) is 13.2. The summed E-state index contributed by atoms with van der Waals surface area (Å²) < 4.78 is 19.1. The monoisotopic (exact) mass is 586 g/mol. The lowest BCUT2D eigenvalue weighted by atomic mass is 9.48. The van der Waals surface area contributed by atoms with Gasteiger partial charge in [-0.1, -0.05) is 49.7 Å². The molecule has 8 nitrogen and oxygen atoms in total. The van der Waals surface area contributed by atoms with E-state index in [0.717, 1.165) is 28.8 Å². The molecule has 2 aliphatic heterocycles. The van der Waals surface area contributed by atoms with E-state index in [1.54, 1.807) is 6.08 Å². The molecule has 0 radical (unpaired) electrons. The van der Waals surface area contributed by atoms with Crippen molar-refractivity contribution in [2.75, 3.05) is 20.1 Å². The zero-order valence-electron chi connectivity index (χ0n) is 26.0. The van der Waals surface area contributed by atoms with E-state index in [1.165, 1.54) is 13.8 Å². The van der Waals surface area contributed by atoms with Gasteiger partial charge in [-0.3, -0.25) is 19.3 Å². The maximum Gasteiger partial charge on any atom is 0.308 e. The van der Waals surface area contributed by atoms with Gasteiger partial charge in [0.25, 0.3) is 0 Å². The molecule has 1 amide bonds. The number of ether oxygens (including phenoxy) is 3. The summed E-state index contributed by atoms with van der Waals surface area (Å²) in [5.74, 6) is 0.338. The van der Waals surface area contributed by atoms with Crippen LogP contribution >= 0.6 is 0 Å². The molecule has 2 unspecified atom stereocenters. The van der Waals surface area contributed by atoms with Crippen LogP contribution in [-0.2, 0) is 31.0 Å². The van der Waals surface area contributed by atoms with Gasteiger partial charge in [-0.05, 0) is 75.4 Å². The summed E-state index contributed by atoms with van der Waals surface area (Å²) in [6.07, 6.45) is 5.68. The van der Waals surface area contributed by atoms with Crippen LogP contribution in [-0.4, -0.2) is 71.6 Å². The minimum absolute atomic E-state index is 0.0364. The topological polar surface area (TPSA) is 85.4 Å². The SMILES string of the molecule is CC(=O)Oc1ccc2c3c1OC1C(N(CC(C)C)C(=O)C=Cc4cccc(C)c4)CC[C@@]4(OC(C)=O)[C@@H](C2)N(C)CC[C@]314. The average molecular weight is 587 g/mol. The molecule has 2 bridgehead atoms. The molecule has 5 atom stereocenters. The van der Waals surface area contributed by atoms with Gasteiger partial charge < -0.3 is 19.1 Å². The van der Waals surface area contributed by atoms with Crippen LogP contribution < -0.4 is 9.47 Å². The van der Waals surface area contributed by atoms with Gasteiger partial charge in [-0.15, -0.1) is 0 Å². The van der Waals surface area contributed by atoms with E-state index in [2.05, 4.69) is 31.9 Å². The van der Waals surface area contributed by atoms with Gasteiger partial charge in [0.2, 0.25) is 5.91 Å². The van der Waals surface area contributed by atoms with Crippen molar-refractivity contribution in [3.05, 3.63) is 64.7 Å². The lowest BCUT2D eigenvalue weighted by Crippen LogP contribution is -2.79. The number of esters is 2. The number of nitrogens with zero attached hydrogens (tertiary/aromatic N) is 2. The highest BCUT2D eigenvalue weighted by Gasteiger charge is 2.75. The molecule has 43 heavy (non-hydrogen) atoms. The standard InChI is InChI=1S/C35H42N2O6/c1-21(2)20-37(30(40)13-10-25-9-7-8-22(3)18-25)27-14-15-35(43-24(5)39)29-19-26-11-12-28(41-23(4)38)32-31(26)34(35,33(27)42-32)16-17-36(29)6/h7-13,18,21,27,29,33H,14-17,19-20H2,1-6H3/t27?,29-,33?,34+,35-/m1/s1. The highest BCUT2D eigenvalue weighted by molar-refractivity contribution is 5.92. The van der Waals surface area contributed by atoms with Crippen molar-refractivity contribution in [3.63, 3.8) is 0 Å². The van der Waals surface area contributed by atoms with Gasteiger partial charge in [-0.2, -0.15) is 0 Å². The third-order valence-electron chi connectivity index (χ3n) is 9.93. The van der Waals surface area contributed by atoms with E-state index >= 15 is 0 Å². The average Bonchev–Trinajstić information content (AvgIpc) is 3.29. The zero-order chi connectivity index (χ0) is 30.7. The third-order valence-corrected chi connectivity index (χ3v) is 9.93. The van der Waals surface area contributed by atoms with Crippen LogP contribution in [0.1, 0.15) is 69.2 Å². The van der Waals surface area contributed by atoms with Crippen LogP contribution in [0.5, 0.6) is 11.5 Å². The fourth-order valence-electron chi connectivity index (χ4n) is 8.52. The van der Waals surface area contributed by atoms with Crippen LogP contribution in [0.4, 0.5) is 0 Å². The first-order valence-electron chi connectivity index (χ1n) is 15.4. The largest absolute Gasteiger partial charge is 0.483 e. The molecular weight excluding hydrogens is 544 g/mol. The predicted octanol–water partition coefficient (Wildman–Crippen LogP) is 4.84. The Morgan fingerprint density at radius 3 is 2.63 bits per heavy atom. The van der Waals surface area contributed by atoms with Gasteiger partial charge in [0, 0.05) is 32.0 Å². The van der Waals surface area contributed by atoms with E-state index in [9.17, 15) is 14.4 Å². The number of likely N-dealkylation sites (N-methyl/N-ethyl adjacent to an activating group) is 1. The zero-order valence-corrected chi connectivity index (χ0v) is 26.0. The summed E-state index contributed by atoms with van der Waals surface area (Å²) in [7, 11) is 2.10. The number of carbonyl (C=O) groups is 3. The summed E-state index contributed by atoms with van der Waals surface area (Å²) in [4.78, 5) is 43.3. The molecule has 2 aromatic rings. The van der Waals surface area contributed by atoms with Gasteiger partial charge in [-0.25, -0.2) is 0 Å². The van der Waals surface area contributed by atoms with E-state index in [0.29, 0.717) is 43.7 Å². The first-order valence-corrected chi connectivity index (χ1v) is 15.4. The molecule has 2 aromatic carbocycles. The Hall–Kier alpha value is -3.65. The van der Waals surface area contributed by atoms with E-state index in [1.807, 2.05) is 48.2 Å². The molecule has 2 fully saturated rings. The Labute approximate surface area is 254 Å². The van der Waals surface area contributed by atoms with Crippen molar-refractivity contribution in [2.45, 2.75) is 89.5 Å².